The fourth-order valence-corrected chi connectivity index (χ4v) is 4.50. The Balaban J connectivity index is 1.77. The fourth-order valence-electron chi connectivity index (χ4n) is 4.50. The minimum Gasteiger partial charge on any atom is -0.497 e. The Labute approximate surface area is 202 Å². The number of fused-ring (bicyclic) bond motifs is 2. The molecule has 0 spiro atoms. The normalized spacial score (nSPS) is 14.8. The molecule has 178 valence electrons. The molecule has 7 heteroatoms. The number of ether oxygens (including phenoxy) is 3. The van der Waals surface area contributed by atoms with E-state index in [9.17, 15) is 9.59 Å². The van der Waals surface area contributed by atoms with Crippen LogP contribution < -0.4 is 24.5 Å². The van der Waals surface area contributed by atoms with Crippen LogP contribution in [0.25, 0.3) is 11.0 Å². The van der Waals surface area contributed by atoms with Gasteiger partial charge in [-0.15, -0.1) is 0 Å². The predicted molar refractivity (Wildman–Crippen MR) is 133 cm³/mol. The molecular formula is C28H25NO6. The summed E-state index contributed by atoms with van der Waals surface area (Å²) in [6.45, 7) is 4.71. The van der Waals surface area contributed by atoms with Crippen LogP contribution in [0.3, 0.4) is 0 Å². The average molecular weight is 472 g/mol. The van der Waals surface area contributed by atoms with Crippen LogP contribution in [0.15, 0.2) is 75.9 Å². The molecule has 3 aromatic carbocycles. The predicted octanol–water partition coefficient (Wildman–Crippen LogP) is 5.35. The van der Waals surface area contributed by atoms with Crippen molar-refractivity contribution in [2.24, 2.45) is 0 Å². The van der Waals surface area contributed by atoms with Gasteiger partial charge >= 0.3 is 0 Å². The lowest BCUT2D eigenvalue weighted by molar-refractivity contribution is 0.0971. The van der Waals surface area contributed by atoms with Gasteiger partial charge in [0.15, 0.2) is 16.9 Å². The van der Waals surface area contributed by atoms with Crippen LogP contribution in [-0.4, -0.2) is 26.2 Å². The molecule has 4 aromatic rings. The zero-order chi connectivity index (χ0) is 24.5. The summed E-state index contributed by atoms with van der Waals surface area (Å²) in [5.41, 5.74) is 1.72. The Bertz CT molecular complexity index is 1470. The van der Waals surface area contributed by atoms with Crippen LogP contribution in [0.1, 0.15) is 41.6 Å². The molecule has 1 amide bonds. The molecule has 1 aliphatic rings. The second-order valence-corrected chi connectivity index (χ2v) is 8.02. The highest BCUT2D eigenvalue weighted by atomic mass is 16.5. The molecule has 1 aliphatic heterocycles. The third-order valence-corrected chi connectivity index (χ3v) is 5.99. The van der Waals surface area contributed by atoms with Crippen molar-refractivity contribution in [1.82, 2.24) is 0 Å². The van der Waals surface area contributed by atoms with Crippen LogP contribution in [0.2, 0.25) is 0 Å². The fraction of sp³-hybridized carbons (Fsp3) is 0.214. The summed E-state index contributed by atoms with van der Waals surface area (Å²) in [6.07, 6.45) is 0. The molecule has 2 heterocycles. The Morgan fingerprint density at radius 2 is 1.66 bits per heavy atom. The highest BCUT2D eigenvalue weighted by molar-refractivity contribution is 6.10. The Morgan fingerprint density at radius 1 is 0.886 bits per heavy atom. The van der Waals surface area contributed by atoms with Crippen molar-refractivity contribution >= 4 is 22.6 Å². The molecule has 0 saturated heterocycles. The van der Waals surface area contributed by atoms with E-state index in [4.69, 9.17) is 18.6 Å². The zero-order valence-corrected chi connectivity index (χ0v) is 19.7. The van der Waals surface area contributed by atoms with E-state index in [2.05, 4.69) is 0 Å². The maximum Gasteiger partial charge on any atom is 0.295 e. The Kier molecular flexibility index (Phi) is 5.91. The van der Waals surface area contributed by atoms with Crippen LogP contribution in [0.4, 0.5) is 5.69 Å². The van der Waals surface area contributed by atoms with Gasteiger partial charge in [0, 0.05) is 11.8 Å². The van der Waals surface area contributed by atoms with Crippen molar-refractivity contribution in [1.29, 1.82) is 0 Å². The molecule has 1 aromatic heterocycles. The van der Waals surface area contributed by atoms with Gasteiger partial charge in [0.25, 0.3) is 5.91 Å². The number of rotatable bonds is 7. The lowest BCUT2D eigenvalue weighted by Crippen LogP contribution is -2.29. The van der Waals surface area contributed by atoms with E-state index in [1.54, 1.807) is 60.5 Å². The lowest BCUT2D eigenvalue weighted by Gasteiger charge is -2.26. The molecule has 1 unspecified atom stereocenters. The summed E-state index contributed by atoms with van der Waals surface area (Å²) in [7, 11) is 1.57. The van der Waals surface area contributed by atoms with Crippen LogP contribution in [-0.2, 0) is 0 Å². The maximum atomic E-state index is 13.8. The number of nitrogens with zero attached hydrogens (tertiary/aromatic N) is 1. The number of carbonyl (C=O) groups excluding carboxylic acids is 1. The van der Waals surface area contributed by atoms with Crippen LogP contribution in [0.5, 0.6) is 17.2 Å². The van der Waals surface area contributed by atoms with Crippen LogP contribution in [0, 0.1) is 0 Å². The van der Waals surface area contributed by atoms with Gasteiger partial charge in [-0.2, -0.15) is 0 Å². The third kappa shape index (κ3) is 3.79. The molecular weight excluding hydrogens is 446 g/mol. The topological polar surface area (TPSA) is 78.2 Å². The first-order valence-corrected chi connectivity index (χ1v) is 11.5. The number of amides is 1. The second kappa shape index (κ2) is 9.18. The van der Waals surface area contributed by atoms with E-state index in [0.29, 0.717) is 58.2 Å². The van der Waals surface area contributed by atoms with Crippen molar-refractivity contribution in [3.8, 4) is 17.2 Å². The molecule has 0 aliphatic carbocycles. The number of hydrogen-bond donors (Lipinski definition) is 0. The number of para-hydroxylation sites is 1. The third-order valence-electron chi connectivity index (χ3n) is 5.99. The molecule has 7 nitrogen and oxygen atoms in total. The van der Waals surface area contributed by atoms with E-state index in [1.807, 2.05) is 32.0 Å². The number of hydrogen-bond acceptors (Lipinski definition) is 6. The van der Waals surface area contributed by atoms with Crippen LogP contribution >= 0.6 is 0 Å². The van der Waals surface area contributed by atoms with E-state index in [-0.39, 0.29) is 11.2 Å². The molecule has 0 radical (unpaired) electrons. The van der Waals surface area contributed by atoms with Crippen molar-refractivity contribution in [2.45, 2.75) is 19.9 Å². The summed E-state index contributed by atoms with van der Waals surface area (Å²) >= 11 is 0. The lowest BCUT2D eigenvalue weighted by atomic mass is 9.97. The summed E-state index contributed by atoms with van der Waals surface area (Å²) in [5, 5.41) is 0.424. The standard InChI is InChI=1S/C28H25NO6/c1-4-33-22-14-13-17(15-23(22)34-5-2)25-24-26(30)20-11-6-7-12-21(20)35-27(24)28(31)29(25)18-9-8-10-19(16-18)32-3/h6-16,25H,4-5H2,1-3H3. The summed E-state index contributed by atoms with van der Waals surface area (Å²) in [6, 6.07) is 18.9. The van der Waals surface area contributed by atoms with Crippen molar-refractivity contribution in [2.75, 3.05) is 25.2 Å². The molecule has 0 saturated carbocycles. The smallest absolute Gasteiger partial charge is 0.295 e. The van der Waals surface area contributed by atoms with E-state index in [0.717, 1.165) is 0 Å². The quantitative estimate of drug-likeness (QED) is 0.362. The summed E-state index contributed by atoms with van der Waals surface area (Å²) in [5.74, 6) is 1.38. The molecule has 0 N–H and O–H groups in total. The summed E-state index contributed by atoms with van der Waals surface area (Å²) in [4.78, 5) is 29.0. The molecule has 0 fully saturated rings. The van der Waals surface area contributed by atoms with E-state index in [1.165, 1.54) is 0 Å². The van der Waals surface area contributed by atoms with Crippen molar-refractivity contribution in [3.63, 3.8) is 0 Å². The molecule has 0 bridgehead atoms. The maximum absolute atomic E-state index is 13.8. The number of carbonyl (C=O) groups is 1. The van der Waals surface area contributed by atoms with Gasteiger partial charge in [-0.1, -0.05) is 24.3 Å². The number of methoxy groups -OCH3 is 1. The van der Waals surface area contributed by atoms with Gasteiger partial charge in [-0.05, 0) is 55.8 Å². The largest absolute Gasteiger partial charge is 0.497 e. The number of benzene rings is 3. The van der Waals surface area contributed by atoms with Crippen molar-refractivity contribution < 1.29 is 23.4 Å². The minimum atomic E-state index is -0.722. The van der Waals surface area contributed by atoms with E-state index < -0.39 is 11.9 Å². The average Bonchev–Trinajstić information content (AvgIpc) is 3.18. The van der Waals surface area contributed by atoms with Crippen molar-refractivity contribution in [3.05, 3.63) is 93.8 Å². The molecule has 5 rings (SSSR count). The van der Waals surface area contributed by atoms with Gasteiger partial charge in [0.1, 0.15) is 11.3 Å². The SMILES string of the molecule is CCOc1ccc(C2c3c(oc4ccccc4c3=O)C(=O)N2c2cccc(OC)c2)cc1OCC. The first-order valence-electron chi connectivity index (χ1n) is 11.5. The van der Waals surface area contributed by atoms with E-state index >= 15 is 0 Å². The number of anilines is 1. The highest BCUT2D eigenvalue weighted by Crippen LogP contribution is 2.43. The summed E-state index contributed by atoms with van der Waals surface area (Å²) < 4.78 is 23.0. The van der Waals surface area contributed by atoms with Gasteiger partial charge < -0.3 is 18.6 Å². The second-order valence-electron chi connectivity index (χ2n) is 8.02. The van der Waals surface area contributed by atoms with Gasteiger partial charge in [0.05, 0.1) is 37.3 Å². The monoisotopic (exact) mass is 471 g/mol. The van der Waals surface area contributed by atoms with Gasteiger partial charge in [-0.3, -0.25) is 14.5 Å². The first kappa shape index (κ1) is 22.5. The highest BCUT2D eigenvalue weighted by Gasteiger charge is 2.44. The molecule has 35 heavy (non-hydrogen) atoms. The van der Waals surface area contributed by atoms with Gasteiger partial charge in [-0.25, -0.2) is 0 Å². The minimum absolute atomic E-state index is 0.0355. The Hall–Kier alpha value is -4.26. The Morgan fingerprint density at radius 3 is 2.43 bits per heavy atom. The van der Waals surface area contributed by atoms with Gasteiger partial charge in [0.2, 0.25) is 5.76 Å². The first-order chi connectivity index (χ1) is 17.1. The molecule has 1 atom stereocenters. The zero-order valence-electron chi connectivity index (χ0n) is 19.7.